The normalized spacial score (nSPS) is 25.2. The molecule has 1 amide bonds. The zero-order valence-electron chi connectivity index (χ0n) is 16.6. The van der Waals surface area contributed by atoms with Crippen molar-refractivity contribution in [2.75, 3.05) is 45.8 Å². The van der Waals surface area contributed by atoms with Crippen molar-refractivity contribution in [3.05, 3.63) is 18.0 Å². The highest BCUT2D eigenvalue weighted by atomic mass is 16.2. The van der Waals surface area contributed by atoms with Crippen LogP contribution in [0.15, 0.2) is 12.3 Å². The van der Waals surface area contributed by atoms with Crippen molar-refractivity contribution in [2.45, 2.75) is 57.4 Å². The number of aromatic nitrogens is 2. The molecule has 3 aliphatic rings. The topological polar surface area (TPSA) is 53.4 Å². The van der Waals surface area contributed by atoms with Crippen LogP contribution in [-0.4, -0.2) is 71.3 Å². The second kappa shape index (κ2) is 9.20. The lowest BCUT2D eigenvalue weighted by atomic mass is 9.92. The second-order valence-electron chi connectivity index (χ2n) is 8.61. The van der Waals surface area contributed by atoms with Gasteiger partial charge in [0.2, 0.25) is 0 Å². The highest BCUT2D eigenvalue weighted by Gasteiger charge is 2.26. The molecule has 4 heterocycles. The lowest BCUT2D eigenvalue weighted by Gasteiger charge is -2.32. The summed E-state index contributed by atoms with van der Waals surface area (Å²) in [6.07, 6.45) is 12.0. The third-order valence-corrected chi connectivity index (χ3v) is 6.66. The molecule has 1 N–H and O–H groups in total. The molecule has 3 aliphatic heterocycles. The van der Waals surface area contributed by atoms with Crippen LogP contribution in [0, 0.1) is 5.92 Å². The summed E-state index contributed by atoms with van der Waals surface area (Å²) in [7, 11) is 0. The average molecular weight is 374 g/mol. The molecule has 0 aromatic carbocycles. The molecular formula is C21H35N5O. The fourth-order valence-corrected chi connectivity index (χ4v) is 4.91. The van der Waals surface area contributed by atoms with Crippen LogP contribution in [0.25, 0.3) is 0 Å². The van der Waals surface area contributed by atoms with Crippen molar-refractivity contribution in [1.82, 2.24) is 24.9 Å². The van der Waals surface area contributed by atoms with E-state index in [1.165, 1.54) is 51.7 Å². The Hall–Kier alpha value is -1.40. The smallest absolute Gasteiger partial charge is 0.274 e. The molecule has 1 aromatic rings. The molecular weight excluding hydrogens is 338 g/mol. The van der Waals surface area contributed by atoms with Gasteiger partial charge in [-0.1, -0.05) is 0 Å². The second-order valence-corrected chi connectivity index (χ2v) is 8.61. The first-order valence-electron chi connectivity index (χ1n) is 11.1. The van der Waals surface area contributed by atoms with Crippen LogP contribution in [0.3, 0.4) is 0 Å². The zero-order valence-corrected chi connectivity index (χ0v) is 16.6. The first-order valence-corrected chi connectivity index (χ1v) is 11.1. The van der Waals surface area contributed by atoms with E-state index in [2.05, 4.69) is 15.3 Å². The van der Waals surface area contributed by atoms with Crippen LogP contribution in [0.2, 0.25) is 0 Å². The largest absolute Gasteiger partial charge is 0.337 e. The van der Waals surface area contributed by atoms with Gasteiger partial charge in [-0.25, -0.2) is 0 Å². The van der Waals surface area contributed by atoms with Gasteiger partial charge >= 0.3 is 0 Å². The Morgan fingerprint density at radius 1 is 1.11 bits per heavy atom. The van der Waals surface area contributed by atoms with Gasteiger partial charge in [-0.2, -0.15) is 5.10 Å². The summed E-state index contributed by atoms with van der Waals surface area (Å²) in [6.45, 7) is 7.71. The molecule has 1 aromatic heterocycles. The van der Waals surface area contributed by atoms with Gasteiger partial charge in [0.05, 0.1) is 6.04 Å². The van der Waals surface area contributed by atoms with Crippen LogP contribution in [-0.2, 0) is 0 Å². The first-order chi connectivity index (χ1) is 13.3. The highest BCUT2D eigenvalue weighted by Crippen LogP contribution is 2.24. The maximum atomic E-state index is 12.8. The maximum Gasteiger partial charge on any atom is 0.274 e. The van der Waals surface area contributed by atoms with Gasteiger partial charge in [0, 0.05) is 25.8 Å². The van der Waals surface area contributed by atoms with Crippen molar-refractivity contribution >= 4 is 5.91 Å². The van der Waals surface area contributed by atoms with Crippen molar-refractivity contribution in [3.8, 4) is 0 Å². The number of nitrogens with zero attached hydrogens (tertiary/aromatic N) is 4. The Labute approximate surface area is 163 Å². The minimum Gasteiger partial charge on any atom is -0.337 e. The molecule has 0 spiro atoms. The average Bonchev–Trinajstić information content (AvgIpc) is 3.41. The molecule has 150 valence electrons. The molecule has 0 saturated carbocycles. The van der Waals surface area contributed by atoms with Gasteiger partial charge in [0.25, 0.3) is 5.91 Å². The predicted molar refractivity (Wildman–Crippen MR) is 107 cm³/mol. The predicted octanol–water partition coefficient (Wildman–Crippen LogP) is 2.54. The molecule has 0 bridgehead atoms. The minimum atomic E-state index is 0.119. The highest BCUT2D eigenvalue weighted by molar-refractivity contribution is 5.92. The molecule has 0 radical (unpaired) electrons. The summed E-state index contributed by atoms with van der Waals surface area (Å²) >= 11 is 0. The number of hydrogen-bond donors (Lipinski definition) is 1. The van der Waals surface area contributed by atoms with Crippen LogP contribution in [0.4, 0.5) is 0 Å². The van der Waals surface area contributed by atoms with E-state index in [-0.39, 0.29) is 5.91 Å². The Bertz CT molecular complexity index is 595. The lowest BCUT2D eigenvalue weighted by Crippen LogP contribution is -2.39. The Morgan fingerprint density at radius 3 is 2.67 bits per heavy atom. The molecule has 3 fully saturated rings. The minimum absolute atomic E-state index is 0.119. The Morgan fingerprint density at radius 2 is 1.93 bits per heavy atom. The van der Waals surface area contributed by atoms with E-state index in [9.17, 15) is 4.79 Å². The van der Waals surface area contributed by atoms with Gasteiger partial charge < -0.3 is 15.1 Å². The van der Waals surface area contributed by atoms with E-state index in [1.54, 1.807) is 0 Å². The summed E-state index contributed by atoms with van der Waals surface area (Å²) in [6, 6.07) is 2.29. The maximum absolute atomic E-state index is 12.8. The number of hydrogen-bond acceptors (Lipinski definition) is 4. The molecule has 1 unspecified atom stereocenters. The fourth-order valence-electron chi connectivity index (χ4n) is 4.91. The summed E-state index contributed by atoms with van der Waals surface area (Å²) < 4.78 is 1.99. The number of amides is 1. The number of likely N-dealkylation sites (tertiary alicyclic amines) is 2. The molecule has 3 saturated heterocycles. The Balaban J connectivity index is 1.20. The van der Waals surface area contributed by atoms with Crippen LogP contribution >= 0.6 is 0 Å². The number of carbonyl (C=O) groups excluding carboxylic acids is 1. The standard InChI is InChI=1S/C21H35N5O/c27-21(20-9-16-26(23-20)19-6-3-10-22-17-19)25-14-7-18(8-15-25)5-4-13-24-11-1-2-12-24/h9,16,18-19,22H,1-8,10-15,17H2. The van der Waals surface area contributed by atoms with Crippen molar-refractivity contribution in [3.63, 3.8) is 0 Å². The molecule has 27 heavy (non-hydrogen) atoms. The summed E-state index contributed by atoms with van der Waals surface area (Å²) in [5.41, 5.74) is 0.619. The van der Waals surface area contributed by atoms with E-state index in [0.717, 1.165) is 51.4 Å². The van der Waals surface area contributed by atoms with E-state index in [0.29, 0.717) is 11.7 Å². The quantitative estimate of drug-likeness (QED) is 0.833. The lowest BCUT2D eigenvalue weighted by molar-refractivity contribution is 0.0677. The van der Waals surface area contributed by atoms with Gasteiger partial charge in [-0.05, 0) is 89.5 Å². The summed E-state index contributed by atoms with van der Waals surface area (Å²) in [5.74, 6) is 0.913. The number of nitrogens with one attached hydrogen (secondary N) is 1. The van der Waals surface area contributed by atoms with Gasteiger partial charge in [-0.3, -0.25) is 9.48 Å². The zero-order chi connectivity index (χ0) is 18.5. The van der Waals surface area contributed by atoms with E-state index in [4.69, 9.17) is 0 Å². The SMILES string of the molecule is O=C(c1ccn(C2CCCNC2)n1)N1CCC(CCCN2CCCC2)CC1. The van der Waals surface area contributed by atoms with Gasteiger partial charge in [0.1, 0.15) is 5.69 Å². The van der Waals surface area contributed by atoms with E-state index in [1.807, 2.05) is 21.8 Å². The van der Waals surface area contributed by atoms with Gasteiger partial charge in [-0.15, -0.1) is 0 Å². The number of carbonyl (C=O) groups is 1. The third kappa shape index (κ3) is 4.91. The molecule has 0 aliphatic carbocycles. The van der Waals surface area contributed by atoms with E-state index < -0.39 is 0 Å². The van der Waals surface area contributed by atoms with Gasteiger partial charge in [0.15, 0.2) is 0 Å². The van der Waals surface area contributed by atoms with Crippen molar-refractivity contribution < 1.29 is 4.79 Å². The number of piperidine rings is 2. The first kappa shape index (κ1) is 18.9. The molecule has 4 rings (SSSR count). The molecule has 6 heteroatoms. The van der Waals surface area contributed by atoms with Crippen LogP contribution in [0.5, 0.6) is 0 Å². The number of rotatable bonds is 6. The summed E-state index contributed by atoms with van der Waals surface area (Å²) in [4.78, 5) is 17.4. The molecule has 6 nitrogen and oxygen atoms in total. The van der Waals surface area contributed by atoms with Crippen LogP contribution in [0.1, 0.15) is 67.9 Å². The van der Waals surface area contributed by atoms with E-state index >= 15 is 0 Å². The van der Waals surface area contributed by atoms with Crippen LogP contribution < -0.4 is 5.32 Å². The Kier molecular flexibility index (Phi) is 6.45. The third-order valence-electron chi connectivity index (χ3n) is 6.66. The summed E-state index contributed by atoms with van der Waals surface area (Å²) in [5, 5.41) is 8.02. The van der Waals surface area contributed by atoms with Crippen molar-refractivity contribution in [2.24, 2.45) is 5.92 Å². The molecule has 1 atom stereocenters. The van der Waals surface area contributed by atoms with Crippen molar-refractivity contribution in [1.29, 1.82) is 0 Å². The monoisotopic (exact) mass is 373 g/mol. The fraction of sp³-hybridized carbons (Fsp3) is 0.810.